The zero-order valence-corrected chi connectivity index (χ0v) is 16.1. The highest BCUT2D eigenvalue weighted by molar-refractivity contribution is 6.04. The number of hydrogen-bond acceptors (Lipinski definition) is 7. The molecule has 1 saturated heterocycles. The number of fused-ring (bicyclic) bond motifs is 4. The number of halogens is 3. The van der Waals surface area contributed by atoms with Crippen molar-refractivity contribution in [2.75, 3.05) is 34.8 Å². The van der Waals surface area contributed by atoms with E-state index < -0.39 is 30.7 Å². The summed E-state index contributed by atoms with van der Waals surface area (Å²) in [7, 11) is 0. The van der Waals surface area contributed by atoms with E-state index in [0.717, 1.165) is 0 Å². The number of urea groups is 1. The van der Waals surface area contributed by atoms with Crippen molar-refractivity contribution in [1.82, 2.24) is 20.3 Å². The second-order valence-corrected chi connectivity index (χ2v) is 7.16. The van der Waals surface area contributed by atoms with Gasteiger partial charge in [0, 0.05) is 32.0 Å². The van der Waals surface area contributed by atoms with E-state index in [4.69, 9.17) is 5.73 Å². The molecule has 2 bridgehead atoms. The molecule has 0 aromatic carbocycles. The van der Waals surface area contributed by atoms with E-state index in [-0.39, 0.29) is 23.5 Å². The molecule has 0 aliphatic carbocycles. The number of nitrogens with two attached hydrogens (primary N) is 1. The number of nitrogens with zero attached hydrogens (tertiary/aromatic N) is 5. The van der Waals surface area contributed by atoms with Gasteiger partial charge in [-0.25, -0.2) is 19.7 Å². The van der Waals surface area contributed by atoms with E-state index in [9.17, 15) is 22.8 Å². The van der Waals surface area contributed by atoms with Crippen LogP contribution in [-0.2, 0) is 0 Å². The van der Waals surface area contributed by atoms with Gasteiger partial charge < -0.3 is 16.0 Å². The molecule has 13 heteroatoms. The lowest BCUT2D eigenvalue weighted by Crippen LogP contribution is -2.49. The van der Waals surface area contributed by atoms with Gasteiger partial charge >= 0.3 is 12.2 Å². The van der Waals surface area contributed by atoms with Crippen LogP contribution < -0.4 is 26.2 Å². The topological polar surface area (TPSA) is 129 Å². The quantitative estimate of drug-likeness (QED) is 0.655. The van der Waals surface area contributed by atoms with Crippen LogP contribution in [0.15, 0.2) is 30.6 Å². The van der Waals surface area contributed by atoms with Crippen molar-refractivity contribution in [2.24, 2.45) is 5.73 Å². The molecule has 164 valence electrons. The summed E-state index contributed by atoms with van der Waals surface area (Å²) in [4.78, 5) is 41.0. The normalized spacial score (nSPS) is 18.4. The molecule has 2 aliphatic heterocycles. The first-order valence-electron chi connectivity index (χ1n) is 9.48. The number of hydrogen-bond donors (Lipinski definition) is 3. The van der Waals surface area contributed by atoms with Crippen molar-refractivity contribution in [3.05, 3.63) is 36.3 Å². The molecule has 31 heavy (non-hydrogen) atoms. The van der Waals surface area contributed by atoms with Gasteiger partial charge in [-0.15, -0.1) is 0 Å². The fourth-order valence-electron chi connectivity index (χ4n) is 3.53. The summed E-state index contributed by atoms with van der Waals surface area (Å²) < 4.78 is 37.7. The van der Waals surface area contributed by atoms with Crippen LogP contribution >= 0.6 is 0 Å². The average molecular weight is 436 g/mol. The fourth-order valence-corrected chi connectivity index (χ4v) is 3.53. The van der Waals surface area contributed by atoms with Crippen molar-refractivity contribution in [1.29, 1.82) is 0 Å². The number of carbonyl (C=O) groups excluding carboxylic acids is 2. The van der Waals surface area contributed by atoms with Crippen LogP contribution in [0, 0.1) is 0 Å². The minimum absolute atomic E-state index is 0.115. The lowest BCUT2D eigenvalue weighted by molar-refractivity contribution is -0.146. The smallest absolute Gasteiger partial charge is 0.366 e. The molecular weight excluding hydrogens is 417 g/mol. The molecular formula is C18H19F3N8O2. The lowest BCUT2D eigenvalue weighted by atomic mass is 10.1. The summed E-state index contributed by atoms with van der Waals surface area (Å²) in [5.41, 5.74) is 5.56. The van der Waals surface area contributed by atoms with Gasteiger partial charge in [-0.2, -0.15) is 13.2 Å². The van der Waals surface area contributed by atoms with Crippen LogP contribution in [0.25, 0.3) is 0 Å². The van der Waals surface area contributed by atoms with Gasteiger partial charge in [-0.05, 0) is 24.6 Å². The predicted molar refractivity (Wildman–Crippen MR) is 105 cm³/mol. The Morgan fingerprint density at radius 1 is 1.26 bits per heavy atom. The Hall–Kier alpha value is -3.48. The summed E-state index contributed by atoms with van der Waals surface area (Å²) >= 11 is 0. The van der Waals surface area contributed by atoms with E-state index in [1.54, 1.807) is 12.1 Å². The van der Waals surface area contributed by atoms with Crippen LogP contribution in [0.4, 0.5) is 35.4 Å². The molecule has 4 heterocycles. The van der Waals surface area contributed by atoms with Gasteiger partial charge in [0.2, 0.25) is 5.95 Å². The van der Waals surface area contributed by atoms with Crippen LogP contribution in [0.3, 0.4) is 0 Å². The summed E-state index contributed by atoms with van der Waals surface area (Å²) in [5, 5.41) is 4.74. The van der Waals surface area contributed by atoms with Gasteiger partial charge in [0.1, 0.15) is 11.7 Å². The second kappa shape index (κ2) is 7.98. The van der Waals surface area contributed by atoms with Crippen LogP contribution in [0.1, 0.15) is 16.9 Å². The zero-order valence-electron chi connectivity index (χ0n) is 16.1. The van der Waals surface area contributed by atoms with Crippen molar-refractivity contribution < 1.29 is 22.8 Å². The Labute approximate surface area is 174 Å². The zero-order chi connectivity index (χ0) is 22.2. The summed E-state index contributed by atoms with van der Waals surface area (Å²) in [6.07, 6.45) is -0.967. The molecule has 0 radical (unpaired) electrons. The summed E-state index contributed by atoms with van der Waals surface area (Å²) in [6, 6.07) is 1.76. The number of alkyl halides is 3. The van der Waals surface area contributed by atoms with Crippen LogP contribution in [0.5, 0.6) is 0 Å². The molecule has 10 nitrogen and oxygen atoms in total. The molecule has 2 aliphatic rings. The highest BCUT2D eigenvalue weighted by Gasteiger charge is 2.41. The number of nitrogens with one attached hydrogen (secondary N) is 2. The maximum Gasteiger partial charge on any atom is 0.405 e. The number of amides is 3. The molecule has 0 spiro atoms. The number of rotatable bonds is 4. The Balaban J connectivity index is 1.57. The number of aromatic nitrogens is 3. The summed E-state index contributed by atoms with van der Waals surface area (Å²) in [6.45, 7) is 0.520. The maximum absolute atomic E-state index is 13.0. The third-order valence-electron chi connectivity index (χ3n) is 5.09. The highest BCUT2D eigenvalue weighted by atomic mass is 19.4. The molecule has 2 atom stereocenters. The van der Waals surface area contributed by atoms with Crippen LogP contribution in [-0.4, -0.2) is 64.8 Å². The number of pyridine rings is 1. The molecule has 4 N–H and O–H groups in total. The Morgan fingerprint density at radius 2 is 2.00 bits per heavy atom. The third-order valence-corrected chi connectivity index (χ3v) is 5.09. The van der Waals surface area contributed by atoms with Crippen molar-refractivity contribution in [3.8, 4) is 0 Å². The average Bonchev–Trinajstić information content (AvgIpc) is 3.15. The van der Waals surface area contributed by atoms with E-state index in [0.29, 0.717) is 25.2 Å². The molecule has 0 saturated carbocycles. The predicted octanol–water partition coefficient (Wildman–Crippen LogP) is 1.12. The van der Waals surface area contributed by atoms with Gasteiger partial charge in [0.25, 0.3) is 5.91 Å². The van der Waals surface area contributed by atoms with Crippen LogP contribution in [0.2, 0.25) is 0 Å². The molecule has 3 amide bonds. The van der Waals surface area contributed by atoms with Gasteiger partial charge in [0.15, 0.2) is 5.82 Å². The van der Waals surface area contributed by atoms with Crippen molar-refractivity contribution >= 4 is 29.4 Å². The first-order valence-corrected chi connectivity index (χ1v) is 9.48. The van der Waals surface area contributed by atoms with E-state index in [1.807, 2.05) is 4.90 Å². The van der Waals surface area contributed by atoms with E-state index in [2.05, 4.69) is 25.6 Å². The largest absolute Gasteiger partial charge is 0.405 e. The molecule has 1 fully saturated rings. The SMILES string of the molecule is N[C@H](CNC(=O)c1ccc2c(n1)N(C(=O)Nc1ncccn1)[C@H]1CCN2C1)C(F)(F)F. The molecule has 2 aromatic rings. The Bertz CT molecular complexity index is 988. The molecule has 0 unspecified atom stereocenters. The minimum atomic E-state index is -4.63. The first-order chi connectivity index (χ1) is 14.7. The Morgan fingerprint density at radius 3 is 2.71 bits per heavy atom. The summed E-state index contributed by atoms with van der Waals surface area (Å²) in [5.74, 6) is -0.457. The van der Waals surface area contributed by atoms with Gasteiger partial charge in [-0.1, -0.05) is 0 Å². The third kappa shape index (κ3) is 4.21. The van der Waals surface area contributed by atoms with Crippen molar-refractivity contribution in [2.45, 2.75) is 24.7 Å². The number of carbonyl (C=O) groups is 2. The van der Waals surface area contributed by atoms with Crippen molar-refractivity contribution in [3.63, 3.8) is 0 Å². The van der Waals surface area contributed by atoms with Gasteiger partial charge in [0.05, 0.1) is 11.7 Å². The van der Waals surface area contributed by atoms with E-state index >= 15 is 0 Å². The first kappa shape index (κ1) is 20.8. The van der Waals surface area contributed by atoms with E-state index in [1.165, 1.54) is 23.4 Å². The maximum atomic E-state index is 13.0. The fraction of sp³-hybridized carbons (Fsp3) is 0.389. The highest BCUT2D eigenvalue weighted by Crippen LogP contribution is 2.39. The monoisotopic (exact) mass is 436 g/mol. The minimum Gasteiger partial charge on any atom is -0.366 e. The molecule has 2 aromatic heterocycles. The second-order valence-electron chi connectivity index (χ2n) is 7.16. The Kier molecular flexibility index (Phi) is 5.35. The standard InChI is InChI=1S/C18H19F3N8O2/c19-18(20,21)13(22)8-25-15(30)11-2-3-12-14(26-11)29(10-4-7-28(12)9-10)17(31)27-16-23-5-1-6-24-16/h1-3,5-6,10,13H,4,7-9,22H2,(H,25,30)(H,23,24,27,31)/t10-,13+/m0/s1. The number of anilines is 3. The van der Waals surface area contributed by atoms with Gasteiger partial charge in [-0.3, -0.25) is 15.0 Å². The molecule has 4 rings (SSSR count). The lowest BCUT2D eigenvalue weighted by Gasteiger charge is -2.35.